The fourth-order valence-corrected chi connectivity index (χ4v) is 3.64. The van der Waals surface area contributed by atoms with Gasteiger partial charge in [0.15, 0.2) is 6.29 Å². The van der Waals surface area contributed by atoms with E-state index in [0.717, 1.165) is 25.9 Å². The minimum Gasteiger partial charge on any atom is -0.495 e. The molecule has 6 nitrogen and oxygen atoms in total. The molecule has 138 valence electrons. The van der Waals surface area contributed by atoms with Crippen molar-refractivity contribution < 1.29 is 19.0 Å². The molecule has 3 rings (SSSR count). The summed E-state index contributed by atoms with van der Waals surface area (Å²) >= 11 is 6.11. The molecule has 1 N–H and O–H groups in total. The lowest BCUT2D eigenvalue weighted by Crippen LogP contribution is -2.47. The zero-order valence-corrected chi connectivity index (χ0v) is 15.4. The Balaban J connectivity index is 1.51. The van der Waals surface area contributed by atoms with Gasteiger partial charge in [0, 0.05) is 11.6 Å². The SMILES string of the molecule is COc1ccc(NC(=O)C(C)N2CCC(C3OCCO3)CC2)cc1Cl. The smallest absolute Gasteiger partial charge is 0.241 e. The topological polar surface area (TPSA) is 60.0 Å². The van der Waals surface area contributed by atoms with E-state index in [4.69, 9.17) is 25.8 Å². The third-order valence-corrected chi connectivity index (χ3v) is 5.25. The number of hydrogen-bond donors (Lipinski definition) is 1. The summed E-state index contributed by atoms with van der Waals surface area (Å²) in [6.45, 7) is 5.04. The molecule has 0 radical (unpaired) electrons. The molecular formula is C18H25ClN2O4. The lowest BCUT2D eigenvalue weighted by molar-refractivity contribution is -0.123. The molecule has 1 atom stereocenters. The summed E-state index contributed by atoms with van der Waals surface area (Å²) in [5, 5.41) is 3.40. The third-order valence-electron chi connectivity index (χ3n) is 4.95. The van der Waals surface area contributed by atoms with Gasteiger partial charge in [-0.05, 0) is 51.1 Å². The number of carbonyl (C=O) groups excluding carboxylic acids is 1. The maximum atomic E-state index is 12.5. The first kappa shape index (κ1) is 18.5. The number of likely N-dealkylation sites (tertiary alicyclic amines) is 1. The van der Waals surface area contributed by atoms with Crippen LogP contribution in [0.3, 0.4) is 0 Å². The molecule has 2 aliphatic rings. The second-order valence-electron chi connectivity index (χ2n) is 6.50. The average Bonchev–Trinajstić information content (AvgIpc) is 3.16. The van der Waals surface area contributed by atoms with Crippen molar-refractivity contribution in [2.45, 2.75) is 32.1 Å². The van der Waals surface area contributed by atoms with Gasteiger partial charge < -0.3 is 19.5 Å². The Hall–Kier alpha value is -1.34. The number of nitrogens with zero attached hydrogens (tertiary/aromatic N) is 1. The number of carbonyl (C=O) groups is 1. The van der Waals surface area contributed by atoms with E-state index in [2.05, 4.69) is 10.2 Å². The number of halogens is 1. The van der Waals surface area contributed by atoms with E-state index < -0.39 is 0 Å². The molecule has 0 aliphatic carbocycles. The van der Waals surface area contributed by atoms with Gasteiger partial charge in [-0.15, -0.1) is 0 Å². The van der Waals surface area contributed by atoms with E-state index in [-0.39, 0.29) is 18.2 Å². The number of benzene rings is 1. The Morgan fingerprint density at radius 1 is 1.32 bits per heavy atom. The van der Waals surface area contributed by atoms with Crippen molar-refractivity contribution in [3.05, 3.63) is 23.2 Å². The molecular weight excluding hydrogens is 344 g/mol. The number of methoxy groups -OCH3 is 1. The van der Waals surface area contributed by atoms with Crippen LogP contribution in [0.4, 0.5) is 5.69 Å². The maximum absolute atomic E-state index is 12.5. The number of hydrogen-bond acceptors (Lipinski definition) is 5. The van der Waals surface area contributed by atoms with Gasteiger partial charge in [0.2, 0.25) is 5.91 Å². The molecule has 0 spiro atoms. The minimum absolute atomic E-state index is 0.0342. The first-order valence-electron chi connectivity index (χ1n) is 8.70. The van der Waals surface area contributed by atoms with Crippen molar-refractivity contribution in [2.75, 3.05) is 38.7 Å². The Morgan fingerprint density at radius 2 is 2.00 bits per heavy atom. The Kier molecular flexibility index (Phi) is 6.17. The first-order valence-corrected chi connectivity index (χ1v) is 9.08. The maximum Gasteiger partial charge on any atom is 0.241 e. The summed E-state index contributed by atoms with van der Waals surface area (Å²) in [5.41, 5.74) is 0.672. The van der Waals surface area contributed by atoms with Crippen LogP contribution in [0.1, 0.15) is 19.8 Å². The van der Waals surface area contributed by atoms with Crippen LogP contribution in [0.15, 0.2) is 18.2 Å². The van der Waals surface area contributed by atoms with E-state index in [1.54, 1.807) is 25.3 Å². The average molecular weight is 369 g/mol. The van der Waals surface area contributed by atoms with Crippen LogP contribution in [0.25, 0.3) is 0 Å². The summed E-state index contributed by atoms with van der Waals surface area (Å²) in [7, 11) is 1.56. The van der Waals surface area contributed by atoms with Crippen LogP contribution in [0.5, 0.6) is 5.75 Å². The van der Waals surface area contributed by atoms with E-state index in [9.17, 15) is 4.79 Å². The van der Waals surface area contributed by atoms with E-state index in [0.29, 0.717) is 35.6 Å². The van der Waals surface area contributed by atoms with Crippen LogP contribution in [0, 0.1) is 5.92 Å². The molecule has 25 heavy (non-hydrogen) atoms. The highest BCUT2D eigenvalue weighted by molar-refractivity contribution is 6.32. The van der Waals surface area contributed by atoms with Gasteiger partial charge in [0.25, 0.3) is 0 Å². The van der Waals surface area contributed by atoms with Crippen LogP contribution < -0.4 is 10.1 Å². The fraction of sp³-hybridized carbons (Fsp3) is 0.611. The van der Waals surface area contributed by atoms with E-state index in [1.165, 1.54) is 0 Å². The van der Waals surface area contributed by atoms with Crippen LogP contribution in [0.2, 0.25) is 5.02 Å². The van der Waals surface area contributed by atoms with Crippen molar-refractivity contribution in [3.63, 3.8) is 0 Å². The molecule has 1 unspecified atom stereocenters. The number of amides is 1. The van der Waals surface area contributed by atoms with Crippen molar-refractivity contribution in [2.24, 2.45) is 5.92 Å². The molecule has 7 heteroatoms. The summed E-state index contributed by atoms with van der Waals surface area (Å²) < 4.78 is 16.3. The second kappa shape index (κ2) is 8.36. The predicted octanol–water partition coefficient (Wildman–Crippen LogP) is 2.76. The number of ether oxygens (including phenoxy) is 3. The zero-order valence-electron chi connectivity index (χ0n) is 14.7. The number of anilines is 1. The molecule has 0 bridgehead atoms. The summed E-state index contributed by atoms with van der Waals surface area (Å²) in [6, 6.07) is 5.03. The predicted molar refractivity (Wildman–Crippen MR) is 96.1 cm³/mol. The van der Waals surface area contributed by atoms with E-state index >= 15 is 0 Å². The van der Waals surface area contributed by atoms with Crippen molar-refractivity contribution >= 4 is 23.2 Å². The fourth-order valence-electron chi connectivity index (χ4n) is 3.38. The van der Waals surface area contributed by atoms with Gasteiger partial charge >= 0.3 is 0 Å². The van der Waals surface area contributed by atoms with Crippen LogP contribution in [-0.2, 0) is 14.3 Å². The summed E-state index contributed by atoms with van der Waals surface area (Å²) in [4.78, 5) is 14.7. The van der Waals surface area contributed by atoms with Gasteiger partial charge in [-0.3, -0.25) is 9.69 Å². The highest BCUT2D eigenvalue weighted by atomic mass is 35.5. The van der Waals surface area contributed by atoms with Crippen molar-refractivity contribution in [3.8, 4) is 5.75 Å². The van der Waals surface area contributed by atoms with Crippen LogP contribution in [-0.4, -0.2) is 56.6 Å². The molecule has 2 aliphatic heterocycles. The van der Waals surface area contributed by atoms with Crippen molar-refractivity contribution in [1.29, 1.82) is 0 Å². The Labute approximate surface area is 153 Å². The normalized spacial score (nSPS) is 21.2. The van der Waals surface area contributed by atoms with Gasteiger partial charge in [-0.25, -0.2) is 0 Å². The largest absolute Gasteiger partial charge is 0.495 e. The monoisotopic (exact) mass is 368 g/mol. The number of rotatable bonds is 5. The quantitative estimate of drug-likeness (QED) is 0.866. The molecule has 1 amide bonds. The lowest BCUT2D eigenvalue weighted by atomic mass is 9.95. The molecule has 0 aromatic heterocycles. The standard InChI is InChI=1S/C18H25ClN2O4/c1-12(17(22)20-14-3-4-16(23-2)15(19)11-14)21-7-5-13(6-8-21)18-24-9-10-25-18/h3-4,11-13,18H,5-10H2,1-2H3,(H,20,22). The molecule has 2 heterocycles. The molecule has 2 fully saturated rings. The molecule has 0 saturated carbocycles. The molecule has 1 aromatic carbocycles. The summed E-state index contributed by atoms with van der Waals surface area (Å²) in [5.74, 6) is 0.980. The van der Waals surface area contributed by atoms with Gasteiger partial charge in [-0.1, -0.05) is 11.6 Å². The van der Waals surface area contributed by atoms with E-state index in [1.807, 2.05) is 6.92 Å². The highest BCUT2D eigenvalue weighted by Crippen LogP contribution is 2.28. The Bertz CT molecular complexity index is 599. The molecule has 2 saturated heterocycles. The van der Waals surface area contributed by atoms with Gasteiger partial charge in [0.05, 0.1) is 31.4 Å². The number of nitrogens with one attached hydrogen (secondary N) is 1. The third kappa shape index (κ3) is 4.44. The Morgan fingerprint density at radius 3 is 2.60 bits per heavy atom. The number of piperidine rings is 1. The highest BCUT2D eigenvalue weighted by Gasteiger charge is 2.33. The lowest BCUT2D eigenvalue weighted by Gasteiger charge is -2.36. The van der Waals surface area contributed by atoms with Gasteiger partial charge in [-0.2, -0.15) is 0 Å². The minimum atomic E-state index is -0.202. The summed E-state index contributed by atoms with van der Waals surface area (Å²) in [6.07, 6.45) is 1.90. The zero-order chi connectivity index (χ0) is 17.8. The second-order valence-corrected chi connectivity index (χ2v) is 6.91. The first-order chi connectivity index (χ1) is 12.1. The molecule has 1 aromatic rings. The van der Waals surface area contributed by atoms with Crippen molar-refractivity contribution in [1.82, 2.24) is 4.90 Å². The van der Waals surface area contributed by atoms with Crippen LogP contribution >= 0.6 is 11.6 Å². The van der Waals surface area contributed by atoms with Gasteiger partial charge in [0.1, 0.15) is 5.75 Å².